The van der Waals surface area contributed by atoms with Gasteiger partial charge in [-0.1, -0.05) is 48.5 Å². The first-order chi connectivity index (χ1) is 14.7. The van der Waals surface area contributed by atoms with Crippen LogP contribution >= 0.6 is 11.8 Å². The number of imidazole rings is 1. The minimum absolute atomic E-state index is 0.0755. The number of anilines is 1. The quantitative estimate of drug-likeness (QED) is 0.415. The summed E-state index contributed by atoms with van der Waals surface area (Å²) >= 11 is 1.69. The molecule has 1 saturated heterocycles. The predicted molar refractivity (Wildman–Crippen MR) is 123 cm³/mol. The summed E-state index contributed by atoms with van der Waals surface area (Å²) in [6.45, 7) is 1.41. The maximum atomic E-state index is 12.9. The van der Waals surface area contributed by atoms with Crippen LogP contribution in [0.15, 0.2) is 83.8 Å². The van der Waals surface area contributed by atoms with Crippen LogP contribution in [-0.4, -0.2) is 28.3 Å². The molecule has 1 aromatic heterocycles. The highest BCUT2D eigenvalue weighted by molar-refractivity contribution is 7.98. The van der Waals surface area contributed by atoms with Crippen molar-refractivity contribution in [3.63, 3.8) is 0 Å². The SMILES string of the molecule is CSc1cccc(N2C[C@@H](c3nc4ccccc4n3Cc3ccccc3)CC2=O)c1. The van der Waals surface area contributed by atoms with Crippen molar-refractivity contribution < 1.29 is 4.79 Å². The Morgan fingerprint density at radius 2 is 1.80 bits per heavy atom. The molecule has 0 unspecified atom stereocenters. The first-order valence-electron chi connectivity index (χ1n) is 10.2. The molecule has 3 aromatic carbocycles. The molecule has 4 nitrogen and oxygen atoms in total. The van der Waals surface area contributed by atoms with Gasteiger partial charge in [0.05, 0.1) is 11.0 Å². The number of carbonyl (C=O) groups excluding carboxylic acids is 1. The zero-order valence-electron chi connectivity index (χ0n) is 16.9. The lowest BCUT2D eigenvalue weighted by Crippen LogP contribution is -2.24. The Kier molecular flexibility index (Phi) is 5.05. The van der Waals surface area contributed by atoms with E-state index in [4.69, 9.17) is 4.98 Å². The first-order valence-corrected chi connectivity index (χ1v) is 11.4. The molecule has 5 rings (SSSR count). The summed E-state index contributed by atoms with van der Waals surface area (Å²) in [6.07, 6.45) is 2.54. The molecule has 1 aliphatic heterocycles. The highest BCUT2D eigenvalue weighted by atomic mass is 32.2. The minimum atomic E-state index is 0.0755. The zero-order chi connectivity index (χ0) is 20.5. The van der Waals surface area contributed by atoms with Gasteiger partial charge >= 0.3 is 0 Å². The van der Waals surface area contributed by atoms with Crippen LogP contribution < -0.4 is 4.90 Å². The van der Waals surface area contributed by atoms with Crippen LogP contribution in [-0.2, 0) is 11.3 Å². The molecule has 1 atom stereocenters. The number of rotatable bonds is 5. The molecular formula is C25H23N3OS. The van der Waals surface area contributed by atoms with Crippen molar-refractivity contribution in [3.05, 3.63) is 90.3 Å². The van der Waals surface area contributed by atoms with E-state index in [1.165, 1.54) is 10.5 Å². The third-order valence-corrected chi connectivity index (χ3v) is 6.45. The van der Waals surface area contributed by atoms with Gasteiger partial charge in [0.15, 0.2) is 0 Å². The Morgan fingerprint density at radius 3 is 2.63 bits per heavy atom. The molecule has 1 aliphatic rings. The van der Waals surface area contributed by atoms with Crippen LogP contribution in [0.4, 0.5) is 5.69 Å². The van der Waals surface area contributed by atoms with E-state index in [2.05, 4.69) is 65.4 Å². The Bertz CT molecular complexity index is 1200. The second kappa shape index (κ2) is 8.00. The van der Waals surface area contributed by atoms with Gasteiger partial charge in [-0.25, -0.2) is 4.98 Å². The Balaban J connectivity index is 1.51. The number of nitrogens with zero attached hydrogens (tertiary/aromatic N) is 3. The number of fused-ring (bicyclic) bond motifs is 1. The monoisotopic (exact) mass is 413 g/mol. The van der Waals surface area contributed by atoms with Gasteiger partial charge in [0.2, 0.25) is 5.91 Å². The molecule has 1 amide bonds. The average Bonchev–Trinajstić information content (AvgIpc) is 3.35. The smallest absolute Gasteiger partial charge is 0.227 e. The van der Waals surface area contributed by atoms with Gasteiger partial charge in [0, 0.05) is 36.0 Å². The largest absolute Gasteiger partial charge is 0.323 e. The molecule has 0 spiro atoms. The Labute approximate surface area is 180 Å². The molecule has 1 fully saturated rings. The van der Waals surface area contributed by atoms with E-state index in [1.54, 1.807) is 11.8 Å². The number of para-hydroxylation sites is 2. The molecule has 4 aromatic rings. The molecule has 0 saturated carbocycles. The lowest BCUT2D eigenvalue weighted by atomic mass is 10.1. The predicted octanol–water partition coefficient (Wildman–Crippen LogP) is 5.33. The van der Waals surface area contributed by atoms with E-state index in [-0.39, 0.29) is 11.8 Å². The highest BCUT2D eigenvalue weighted by Crippen LogP contribution is 2.34. The van der Waals surface area contributed by atoms with Gasteiger partial charge in [-0.15, -0.1) is 11.8 Å². The molecule has 2 heterocycles. The Morgan fingerprint density at radius 1 is 1.00 bits per heavy atom. The maximum Gasteiger partial charge on any atom is 0.227 e. The summed E-state index contributed by atoms with van der Waals surface area (Å²) in [7, 11) is 0. The maximum absolute atomic E-state index is 12.9. The van der Waals surface area contributed by atoms with Crippen LogP contribution in [0.5, 0.6) is 0 Å². The number of carbonyl (C=O) groups is 1. The van der Waals surface area contributed by atoms with Crippen LogP contribution in [0.3, 0.4) is 0 Å². The number of benzene rings is 3. The third-order valence-electron chi connectivity index (χ3n) is 5.72. The zero-order valence-corrected chi connectivity index (χ0v) is 17.7. The fourth-order valence-corrected chi connectivity index (χ4v) is 4.70. The molecular weight excluding hydrogens is 390 g/mol. The number of amides is 1. The molecule has 0 bridgehead atoms. The number of hydrogen-bond acceptors (Lipinski definition) is 3. The number of thioether (sulfide) groups is 1. The van der Waals surface area contributed by atoms with E-state index in [0.717, 1.165) is 29.1 Å². The van der Waals surface area contributed by atoms with Gasteiger partial charge in [-0.3, -0.25) is 4.79 Å². The van der Waals surface area contributed by atoms with Gasteiger partial charge in [-0.2, -0.15) is 0 Å². The highest BCUT2D eigenvalue weighted by Gasteiger charge is 2.34. The standard InChI is InChI=1S/C25H23N3OS/c1-30-21-11-7-10-20(15-21)27-17-19(14-24(27)29)25-26-22-12-5-6-13-23(22)28(25)16-18-8-3-2-4-9-18/h2-13,15,19H,14,16-17H2,1H3/t19-/m0/s1. The fraction of sp³-hybridized carbons (Fsp3) is 0.200. The molecule has 0 radical (unpaired) electrons. The van der Waals surface area contributed by atoms with Crippen molar-refractivity contribution in [2.45, 2.75) is 23.8 Å². The van der Waals surface area contributed by atoms with Crippen molar-refractivity contribution in [1.29, 1.82) is 0 Å². The third kappa shape index (κ3) is 3.50. The van der Waals surface area contributed by atoms with Gasteiger partial charge < -0.3 is 9.47 Å². The van der Waals surface area contributed by atoms with Crippen molar-refractivity contribution in [2.75, 3.05) is 17.7 Å². The summed E-state index contributed by atoms with van der Waals surface area (Å²) in [5, 5.41) is 0. The number of aromatic nitrogens is 2. The fourth-order valence-electron chi connectivity index (χ4n) is 4.25. The first kappa shape index (κ1) is 18.9. The van der Waals surface area contributed by atoms with Gasteiger partial charge in [-0.05, 0) is 42.2 Å². The topological polar surface area (TPSA) is 38.1 Å². The van der Waals surface area contributed by atoms with E-state index in [9.17, 15) is 4.79 Å². The lowest BCUT2D eigenvalue weighted by Gasteiger charge is -2.18. The van der Waals surface area contributed by atoms with Crippen molar-refractivity contribution in [1.82, 2.24) is 9.55 Å². The molecule has 5 heteroatoms. The lowest BCUT2D eigenvalue weighted by molar-refractivity contribution is -0.117. The van der Waals surface area contributed by atoms with Gasteiger partial charge in [0.25, 0.3) is 0 Å². The Hall–Kier alpha value is -3.05. The number of hydrogen-bond donors (Lipinski definition) is 0. The van der Waals surface area contributed by atoms with Gasteiger partial charge in [0.1, 0.15) is 5.82 Å². The molecule has 150 valence electrons. The van der Waals surface area contributed by atoms with Crippen molar-refractivity contribution in [3.8, 4) is 0 Å². The summed E-state index contributed by atoms with van der Waals surface area (Å²) in [4.78, 5) is 21.0. The molecule has 30 heavy (non-hydrogen) atoms. The van der Waals surface area contributed by atoms with E-state index in [0.29, 0.717) is 13.0 Å². The normalized spacial score (nSPS) is 16.5. The van der Waals surface area contributed by atoms with Crippen LogP contribution in [0.1, 0.15) is 23.7 Å². The van der Waals surface area contributed by atoms with Crippen LogP contribution in [0, 0.1) is 0 Å². The van der Waals surface area contributed by atoms with E-state index >= 15 is 0 Å². The van der Waals surface area contributed by atoms with E-state index in [1.807, 2.05) is 29.2 Å². The van der Waals surface area contributed by atoms with Crippen LogP contribution in [0.2, 0.25) is 0 Å². The second-order valence-corrected chi connectivity index (χ2v) is 8.52. The molecule has 0 N–H and O–H groups in total. The van der Waals surface area contributed by atoms with E-state index < -0.39 is 0 Å². The summed E-state index contributed by atoms with van der Waals surface area (Å²) in [5.74, 6) is 1.24. The second-order valence-electron chi connectivity index (χ2n) is 7.64. The van der Waals surface area contributed by atoms with Crippen molar-refractivity contribution in [2.24, 2.45) is 0 Å². The van der Waals surface area contributed by atoms with Crippen molar-refractivity contribution >= 4 is 34.4 Å². The van der Waals surface area contributed by atoms with Crippen LogP contribution in [0.25, 0.3) is 11.0 Å². The molecule has 0 aliphatic carbocycles. The summed E-state index contributed by atoms with van der Waals surface area (Å²) < 4.78 is 2.28. The average molecular weight is 414 g/mol. The summed E-state index contributed by atoms with van der Waals surface area (Å²) in [5.41, 5.74) is 4.31. The summed E-state index contributed by atoms with van der Waals surface area (Å²) in [6, 6.07) is 26.9. The minimum Gasteiger partial charge on any atom is -0.323 e.